The molecule has 0 atom stereocenters. The lowest BCUT2D eigenvalue weighted by atomic mass is 10.0. The summed E-state index contributed by atoms with van der Waals surface area (Å²) in [7, 11) is 2.03. The molecule has 1 aromatic rings. The van der Waals surface area contributed by atoms with Crippen molar-refractivity contribution >= 4 is 5.82 Å². The van der Waals surface area contributed by atoms with E-state index in [1.54, 1.807) is 0 Å². The van der Waals surface area contributed by atoms with Crippen LogP contribution >= 0.6 is 0 Å². The Morgan fingerprint density at radius 1 is 1.36 bits per heavy atom. The van der Waals surface area contributed by atoms with Crippen LogP contribution in [0, 0.1) is 0 Å². The van der Waals surface area contributed by atoms with Crippen LogP contribution in [0.15, 0.2) is 0 Å². The summed E-state index contributed by atoms with van der Waals surface area (Å²) in [5.41, 5.74) is 2.72. The molecule has 2 heterocycles. The molecule has 0 fully saturated rings. The van der Waals surface area contributed by atoms with Crippen LogP contribution < -0.4 is 5.32 Å². The minimum absolute atomic E-state index is 0.532. The van der Waals surface area contributed by atoms with Crippen LogP contribution in [0.2, 0.25) is 0 Å². The van der Waals surface area contributed by atoms with Crippen molar-refractivity contribution in [2.75, 3.05) is 11.9 Å². The lowest BCUT2D eigenvalue weighted by Crippen LogP contribution is -2.04. The van der Waals surface area contributed by atoms with E-state index in [-0.39, 0.29) is 0 Å². The molecule has 78 valence electrons. The number of anilines is 1. The molecule has 3 nitrogen and oxygen atoms in total. The van der Waals surface area contributed by atoms with Crippen molar-refractivity contribution in [3.05, 3.63) is 11.3 Å². The molecule has 0 saturated heterocycles. The van der Waals surface area contributed by atoms with Gasteiger partial charge in [-0.3, -0.25) is 4.68 Å². The van der Waals surface area contributed by atoms with Crippen LogP contribution in [0.3, 0.4) is 0 Å². The van der Waals surface area contributed by atoms with Crippen molar-refractivity contribution in [3.63, 3.8) is 0 Å². The van der Waals surface area contributed by atoms with E-state index in [0.29, 0.717) is 5.92 Å². The molecule has 1 aromatic heterocycles. The smallest absolute Gasteiger partial charge is 0.127 e. The normalized spacial score (nSPS) is 16.3. The highest BCUT2D eigenvalue weighted by Gasteiger charge is 2.19. The number of fused-ring (bicyclic) bond motifs is 1. The lowest BCUT2D eigenvalue weighted by Gasteiger charge is -2.04. The van der Waals surface area contributed by atoms with Gasteiger partial charge in [-0.1, -0.05) is 13.8 Å². The molecule has 0 saturated carbocycles. The summed E-state index contributed by atoms with van der Waals surface area (Å²) in [5.74, 6) is 1.77. The molecule has 14 heavy (non-hydrogen) atoms. The third-order valence-corrected chi connectivity index (χ3v) is 2.87. The monoisotopic (exact) mass is 193 g/mol. The summed E-state index contributed by atoms with van der Waals surface area (Å²) < 4.78 is 2.00. The molecular formula is C11H19N3. The summed E-state index contributed by atoms with van der Waals surface area (Å²) in [4.78, 5) is 0. The zero-order valence-corrected chi connectivity index (χ0v) is 9.30. The molecule has 0 spiro atoms. The number of hydrogen-bond donors (Lipinski definition) is 1. The lowest BCUT2D eigenvalue weighted by molar-refractivity contribution is 0.699. The Morgan fingerprint density at radius 2 is 2.14 bits per heavy atom. The second kappa shape index (κ2) is 3.64. The molecule has 3 heteroatoms. The van der Waals surface area contributed by atoms with Gasteiger partial charge >= 0.3 is 0 Å². The fourth-order valence-electron chi connectivity index (χ4n) is 2.15. The van der Waals surface area contributed by atoms with Gasteiger partial charge < -0.3 is 5.32 Å². The molecule has 0 amide bonds. The summed E-state index contributed by atoms with van der Waals surface area (Å²) >= 11 is 0. The van der Waals surface area contributed by atoms with Crippen LogP contribution in [0.25, 0.3) is 0 Å². The van der Waals surface area contributed by atoms with E-state index in [9.17, 15) is 0 Å². The largest absolute Gasteiger partial charge is 0.370 e. The first-order chi connectivity index (χ1) is 6.70. The van der Waals surface area contributed by atoms with Gasteiger partial charge in [-0.15, -0.1) is 0 Å². The highest BCUT2D eigenvalue weighted by molar-refractivity contribution is 5.49. The minimum Gasteiger partial charge on any atom is -0.370 e. The number of nitrogens with one attached hydrogen (secondary N) is 1. The maximum absolute atomic E-state index is 4.59. The van der Waals surface area contributed by atoms with Crippen molar-refractivity contribution < 1.29 is 0 Å². The van der Waals surface area contributed by atoms with Gasteiger partial charge in [-0.25, -0.2) is 0 Å². The first kappa shape index (κ1) is 9.56. The molecule has 0 aromatic carbocycles. The van der Waals surface area contributed by atoms with Gasteiger partial charge in [-0.2, -0.15) is 5.10 Å². The van der Waals surface area contributed by atoms with E-state index in [2.05, 4.69) is 24.3 Å². The highest BCUT2D eigenvalue weighted by Crippen LogP contribution is 2.28. The van der Waals surface area contributed by atoms with Crippen LogP contribution in [0.4, 0.5) is 5.82 Å². The van der Waals surface area contributed by atoms with Crippen LogP contribution in [0.5, 0.6) is 0 Å². The standard InChI is InChI=1S/C11H19N3/c1-8(2)10-9-6-4-5-7-12-11(9)14(3)13-10/h8,12H,4-7H2,1-3H3. The Hall–Kier alpha value is -0.990. The summed E-state index contributed by atoms with van der Waals surface area (Å²) in [6.45, 7) is 5.52. The fourth-order valence-corrected chi connectivity index (χ4v) is 2.15. The van der Waals surface area contributed by atoms with Gasteiger partial charge in [-0.05, 0) is 25.2 Å². The Balaban J connectivity index is 2.44. The third-order valence-electron chi connectivity index (χ3n) is 2.87. The van der Waals surface area contributed by atoms with E-state index >= 15 is 0 Å². The average molecular weight is 193 g/mol. The summed E-state index contributed by atoms with van der Waals surface area (Å²) in [6.07, 6.45) is 3.74. The van der Waals surface area contributed by atoms with Crippen LogP contribution in [0.1, 0.15) is 43.9 Å². The number of hydrogen-bond acceptors (Lipinski definition) is 2. The predicted octanol–water partition coefficient (Wildman–Crippen LogP) is 2.29. The van der Waals surface area contributed by atoms with Crippen molar-refractivity contribution in [1.82, 2.24) is 9.78 Å². The molecule has 1 aliphatic rings. The van der Waals surface area contributed by atoms with Crippen molar-refractivity contribution in [1.29, 1.82) is 0 Å². The first-order valence-electron chi connectivity index (χ1n) is 5.49. The van der Waals surface area contributed by atoms with Gasteiger partial charge in [0.15, 0.2) is 0 Å². The zero-order chi connectivity index (χ0) is 10.1. The van der Waals surface area contributed by atoms with Gasteiger partial charge in [0.1, 0.15) is 5.82 Å². The maximum Gasteiger partial charge on any atom is 0.127 e. The Bertz CT molecular complexity index is 326. The van der Waals surface area contributed by atoms with Crippen LogP contribution in [-0.4, -0.2) is 16.3 Å². The molecule has 0 radical (unpaired) electrons. The second-order valence-electron chi connectivity index (χ2n) is 4.37. The molecule has 1 N–H and O–H groups in total. The maximum atomic E-state index is 4.59. The third kappa shape index (κ3) is 1.51. The fraction of sp³-hybridized carbons (Fsp3) is 0.727. The second-order valence-corrected chi connectivity index (χ2v) is 4.37. The number of rotatable bonds is 1. The highest BCUT2D eigenvalue weighted by atomic mass is 15.3. The van der Waals surface area contributed by atoms with Gasteiger partial charge in [0.25, 0.3) is 0 Å². The van der Waals surface area contributed by atoms with Crippen molar-refractivity contribution in [3.8, 4) is 0 Å². The molecule has 0 unspecified atom stereocenters. The molecule has 2 rings (SSSR count). The average Bonchev–Trinajstić information content (AvgIpc) is 2.38. The topological polar surface area (TPSA) is 29.9 Å². The van der Waals surface area contributed by atoms with Gasteiger partial charge in [0, 0.05) is 19.2 Å². The zero-order valence-electron chi connectivity index (χ0n) is 9.30. The Kier molecular flexibility index (Phi) is 2.48. The minimum atomic E-state index is 0.532. The molecular weight excluding hydrogens is 174 g/mol. The van der Waals surface area contributed by atoms with Crippen LogP contribution in [-0.2, 0) is 13.5 Å². The molecule has 1 aliphatic heterocycles. The summed E-state index contributed by atoms with van der Waals surface area (Å²) in [6, 6.07) is 0. The van der Waals surface area contributed by atoms with Gasteiger partial charge in [0.05, 0.1) is 5.69 Å². The Morgan fingerprint density at radius 3 is 2.86 bits per heavy atom. The van der Waals surface area contributed by atoms with E-state index in [1.807, 2.05) is 11.7 Å². The molecule has 0 aliphatic carbocycles. The van der Waals surface area contributed by atoms with Crippen molar-refractivity contribution in [2.45, 2.75) is 39.0 Å². The van der Waals surface area contributed by atoms with E-state index in [0.717, 1.165) is 6.54 Å². The van der Waals surface area contributed by atoms with E-state index < -0.39 is 0 Å². The quantitative estimate of drug-likeness (QED) is 0.741. The number of nitrogens with zero attached hydrogens (tertiary/aromatic N) is 2. The van der Waals surface area contributed by atoms with Gasteiger partial charge in [0.2, 0.25) is 0 Å². The van der Waals surface area contributed by atoms with Crippen molar-refractivity contribution in [2.24, 2.45) is 7.05 Å². The summed E-state index contributed by atoms with van der Waals surface area (Å²) in [5, 5.41) is 8.06. The molecule has 0 bridgehead atoms. The Labute approximate surface area is 85.5 Å². The number of aryl methyl sites for hydroxylation is 1. The SMILES string of the molecule is CC(C)c1nn(C)c2c1CCCCN2. The predicted molar refractivity (Wildman–Crippen MR) is 58.7 cm³/mol. The first-order valence-corrected chi connectivity index (χ1v) is 5.49. The number of aromatic nitrogens is 2. The van der Waals surface area contributed by atoms with E-state index in [1.165, 1.54) is 36.3 Å². The van der Waals surface area contributed by atoms with E-state index in [4.69, 9.17) is 0 Å².